The van der Waals surface area contributed by atoms with Crippen molar-refractivity contribution in [3.05, 3.63) is 35.4 Å². The number of rotatable bonds is 2. The molecule has 0 aliphatic carbocycles. The SMILES string of the molecule is O=C(c1ccccc1C#CCCO)N1CCCC(O)C1. The van der Waals surface area contributed by atoms with Gasteiger partial charge in [0.1, 0.15) is 0 Å². The van der Waals surface area contributed by atoms with Gasteiger partial charge in [0.15, 0.2) is 0 Å². The van der Waals surface area contributed by atoms with Crippen LogP contribution in [0.25, 0.3) is 0 Å². The minimum Gasteiger partial charge on any atom is -0.395 e. The first-order valence-electron chi connectivity index (χ1n) is 6.88. The fourth-order valence-corrected chi connectivity index (χ4v) is 2.30. The van der Waals surface area contributed by atoms with Crippen molar-refractivity contribution in [2.24, 2.45) is 0 Å². The average Bonchev–Trinajstić information content (AvgIpc) is 2.47. The highest BCUT2D eigenvalue weighted by Crippen LogP contribution is 2.16. The third kappa shape index (κ3) is 3.60. The van der Waals surface area contributed by atoms with Gasteiger partial charge >= 0.3 is 0 Å². The Morgan fingerprint density at radius 1 is 1.40 bits per heavy atom. The third-order valence-corrected chi connectivity index (χ3v) is 3.30. The van der Waals surface area contributed by atoms with Gasteiger partial charge in [0.05, 0.1) is 18.3 Å². The van der Waals surface area contributed by atoms with Crippen LogP contribution >= 0.6 is 0 Å². The monoisotopic (exact) mass is 273 g/mol. The predicted molar refractivity (Wildman–Crippen MR) is 76.2 cm³/mol. The van der Waals surface area contributed by atoms with Crippen molar-refractivity contribution >= 4 is 5.91 Å². The van der Waals surface area contributed by atoms with Gasteiger partial charge < -0.3 is 15.1 Å². The van der Waals surface area contributed by atoms with Crippen LogP contribution in [0.5, 0.6) is 0 Å². The van der Waals surface area contributed by atoms with Crippen LogP contribution < -0.4 is 0 Å². The largest absolute Gasteiger partial charge is 0.395 e. The summed E-state index contributed by atoms with van der Waals surface area (Å²) in [5, 5.41) is 18.4. The predicted octanol–water partition coefficient (Wildman–Crippen LogP) is 1.02. The van der Waals surface area contributed by atoms with Gasteiger partial charge in [-0.05, 0) is 25.0 Å². The van der Waals surface area contributed by atoms with Crippen molar-refractivity contribution in [2.75, 3.05) is 19.7 Å². The summed E-state index contributed by atoms with van der Waals surface area (Å²) in [6, 6.07) is 7.21. The van der Waals surface area contributed by atoms with Crippen LogP contribution in [0, 0.1) is 11.8 Å². The van der Waals surface area contributed by atoms with Gasteiger partial charge in [0.25, 0.3) is 5.91 Å². The van der Waals surface area contributed by atoms with Gasteiger partial charge in [-0.15, -0.1) is 0 Å². The molecule has 1 saturated heterocycles. The minimum absolute atomic E-state index is 0.0153. The van der Waals surface area contributed by atoms with Crippen molar-refractivity contribution in [2.45, 2.75) is 25.4 Å². The maximum Gasteiger partial charge on any atom is 0.255 e. The fourth-order valence-electron chi connectivity index (χ4n) is 2.30. The number of β-amino-alcohol motifs (C(OH)–C–C–N with tert-alkyl or cyclic N) is 1. The molecular weight excluding hydrogens is 254 g/mol. The zero-order valence-corrected chi connectivity index (χ0v) is 11.4. The summed E-state index contributed by atoms with van der Waals surface area (Å²) in [5.74, 6) is 5.68. The van der Waals surface area contributed by atoms with Crippen LogP contribution in [-0.4, -0.2) is 46.8 Å². The van der Waals surface area contributed by atoms with E-state index in [-0.39, 0.29) is 12.5 Å². The Bertz CT molecular complexity index is 530. The molecule has 1 heterocycles. The number of aliphatic hydroxyl groups excluding tert-OH is 2. The molecule has 1 unspecified atom stereocenters. The van der Waals surface area contributed by atoms with Crippen molar-refractivity contribution in [1.29, 1.82) is 0 Å². The molecule has 20 heavy (non-hydrogen) atoms. The molecule has 0 bridgehead atoms. The maximum absolute atomic E-state index is 12.5. The first kappa shape index (κ1) is 14.6. The zero-order chi connectivity index (χ0) is 14.4. The second-order valence-electron chi connectivity index (χ2n) is 4.87. The number of likely N-dealkylation sites (tertiary alicyclic amines) is 1. The highest BCUT2D eigenvalue weighted by atomic mass is 16.3. The lowest BCUT2D eigenvalue weighted by atomic mass is 10.0. The van der Waals surface area contributed by atoms with Crippen LogP contribution in [0.4, 0.5) is 0 Å². The molecule has 4 nitrogen and oxygen atoms in total. The fraction of sp³-hybridized carbons (Fsp3) is 0.438. The normalized spacial score (nSPS) is 18.3. The standard InChI is InChI=1S/C16H19NO3/c18-11-4-3-7-13-6-1-2-9-15(13)16(20)17-10-5-8-14(19)12-17/h1-2,6,9,14,18-19H,4-5,8,10-12H2. The van der Waals surface area contributed by atoms with Crippen LogP contribution in [0.1, 0.15) is 35.2 Å². The van der Waals surface area contributed by atoms with Gasteiger partial charge in [0, 0.05) is 25.1 Å². The Hall–Kier alpha value is -1.83. The molecule has 1 aromatic rings. The molecule has 0 aromatic heterocycles. The molecule has 1 atom stereocenters. The number of amides is 1. The molecule has 1 aliphatic heterocycles. The summed E-state index contributed by atoms with van der Waals surface area (Å²) in [6.45, 7) is 1.08. The molecule has 0 radical (unpaired) electrons. The van der Waals surface area contributed by atoms with Crippen molar-refractivity contribution in [3.8, 4) is 11.8 Å². The number of aliphatic hydroxyl groups is 2. The van der Waals surface area contributed by atoms with Crippen LogP contribution in [0.2, 0.25) is 0 Å². The van der Waals surface area contributed by atoms with Gasteiger partial charge in [0.2, 0.25) is 0 Å². The lowest BCUT2D eigenvalue weighted by molar-refractivity contribution is 0.0473. The Morgan fingerprint density at radius 2 is 2.20 bits per heavy atom. The van der Waals surface area contributed by atoms with E-state index < -0.39 is 6.10 Å². The number of benzene rings is 1. The molecule has 1 aliphatic rings. The van der Waals surface area contributed by atoms with Crippen molar-refractivity contribution in [3.63, 3.8) is 0 Å². The van der Waals surface area contributed by atoms with E-state index in [1.807, 2.05) is 12.1 Å². The van der Waals surface area contributed by atoms with Crippen LogP contribution in [0.15, 0.2) is 24.3 Å². The smallest absolute Gasteiger partial charge is 0.255 e. The molecule has 2 N–H and O–H groups in total. The molecule has 1 fully saturated rings. The topological polar surface area (TPSA) is 60.8 Å². The van der Waals surface area contributed by atoms with E-state index in [2.05, 4.69) is 11.8 Å². The van der Waals surface area contributed by atoms with Crippen molar-refractivity contribution < 1.29 is 15.0 Å². The summed E-state index contributed by atoms with van der Waals surface area (Å²) in [4.78, 5) is 14.2. The first-order valence-corrected chi connectivity index (χ1v) is 6.88. The van der Waals surface area contributed by atoms with Gasteiger partial charge in [-0.3, -0.25) is 4.79 Å². The first-order chi connectivity index (χ1) is 9.72. The molecule has 0 saturated carbocycles. The molecule has 2 rings (SSSR count). The lowest BCUT2D eigenvalue weighted by Gasteiger charge is -2.30. The molecule has 1 aromatic carbocycles. The lowest BCUT2D eigenvalue weighted by Crippen LogP contribution is -2.42. The second-order valence-corrected chi connectivity index (χ2v) is 4.87. The van der Waals surface area contributed by atoms with Gasteiger partial charge in [-0.1, -0.05) is 24.0 Å². The Labute approximate surface area is 119 Å². The number of nitrogens with zero attached hydrogens (tertiary/aromatic N) is 1. The highest BCUT2D eigenvalue weighted by molar-refractivity contribution is 5.96. The van der Waals surface area contributed by atoms with E-state index >= 15 is 0 Å². The minimum atomic E-state index is -0.430. The zero-order valence-electron chi connectivity index (χ0n) is 11.4. The number of hydrogen-bond acceptors (Lipinski definition) is 3. The van der Waals surface area contributed by atoms with E-state index in [0.29, 0.717) is 30.6 Å². The van der Waals surface area contributed by atoms with E-state index in [0.717, 1.165) is 12.8 Å². The molecule has 1 amide bonds. The molecule has 4 heteroatoms. The number of piperidine rings is 1. The molecular formula is C16H19NO3. The number of carbonyl (C=O) groups is 1. The number of hydrogen-bond donors (Lipinski definition) is 2. The van der Waals surface area contributed by atoms with E-state index in [4.69, 9.17) is 5.11 Å². The average molecular weight is 273 g/mol. The van der Waals surface area contributed by atoms with Gasteiger partial charge in [-0.2, -0.15) is 0 Å². The summed E-state index contributed by atoms with van der Waals surface area (Å²) >= 11 is 0. The quantitative estimate of drug-likeness (QED) is 0.791. The Morgan fingerprint density at radius 3 is 2.95 bits per heavy atom. The van der Waals surface area contributed by atoms with Crippen molar-refractivity contribution in [1.82, 2.24) is 4.90 Å². The number of carbonyl (C=O) groups excluding carboxylic acids is 1. The van der Waals surface area contributed by atoms with E-state index in [1.54, 1.807) is 17.0 Å². The van der Waals surface area contributed by atoms with E-state index in [1.165, 1.54) is 0 Å². The Kier molecular flexibility index (Phi) is 5.16. The summed E-state index contributed by atoms with van der Waals surface area (Å²) in [5.41, 5.74) is 1.23. The summed E-state index contributed by atoms with van der Waals surface area (Å²) < 4.78 is 0. The molecule has 0 spiro atoms. The summed E-state index contributed by atoms with van der Waals surface area (Å²) in [6.07, 6.45) is 1.54. The third-order valence-electron chi connectivity index (χ3n) is 3.30. The summed E-state index contributed by atoms with van der Waals surface area (Å²) in [7, 11) is 0. The van der Waals surface area contributed by atoms with Crippen LogP contribution in [0.3, 0.4) is 0 Å². The second kappa shape index (κ2) is 7.09. The van der Waals surface area contributed by atoms with Crippen LogP contribution in [-0.2, 0) is 0 Å². The van der Waals surface area contributed by atoms with Gasteiger partial charge in [-0.25, -0.2) is 0 Å². The van der Waals surface area contributed by atoms with E-state index in [9.17, 15) is 9.90 Å². The Balaban J connectivity index is 2.19. The molecule has 106 valence electrons. The highest BCUT2D eigenvalue weighted by Gasteiger charge is 2.24. The maximum atomic E-state index is 12.5.